The van der Waals surface area contributed by atoms with E-state index in [1.54, 1.807) is 6.07 Å². The number of piperazine rings is 1. The summed E-state index contributed by atoms with van der Waals surface area (Å²) in [6, 6.07) is 17.1. The van der Waals surface area contributed by atoms with Crippen molar-refractivity contribution >= 4 is 29.1 Å². The lowest BCUT2D eigenvalue weighted by atomic mass is 10.0. The van der Waals surface area contributed by atoms with E-state index < -0.39 is 6.04 Å². The topological polar surface area (TPSA) is 52.7 Å². The Labute approximate surface area is 164 Å². The lowest BCUT2D eigenvalue weighted by molar-refractivity contribution is -0.132. The number of amides is 2. The van der Waals surface area contributed by atoms with Gasteiger partial charge in [0.15, 0.2) is 0 Å². The van der Waals surface area contributed by atoms with Gasteiger partial charge in [-0.2, -0.15) is 0 Å². The molecule has 2 aromatic rings. The summed E-state index contributed by atoms with van der Waals surface area (Å²) >= 11 is 6.28. The molecule has 0 aliphatic carbocycles. The quantitative estimate of drug-likeness (QED) is 0.859. The van der Waals surface area contributed by atoms with Crippen molar-refractivity contribution in [1.29, 1.82) is 0 Å². The van der Waals surface area contributed by atoms with Crippen LogP contribution in [0, 0.1) is 0 Å². The van der Waals surface area contributed by atoms with E-state index in [-0.39, 0.29) is 18.2 Å². The van der Waals surface area contributed by atoms with Gasteiger partial charge in [-0.15, -0.1) is 0 Å². The number of carbonyl (C=O) groups is 2. The minimum Gasteiger partial charge on any atom is -0.368 e. The lowest BCUT2D eigenvalue weighted by Crippen LogP contribution is -2.49. The molecule has 6 heteroatoms. The van der Waals surface area contributed by atoms with Gasteiger partial charge in [-0.25, -0.2) is 0 Å². The summed E-state index contributed by atoms with van der Waals surface area (Å²) in [5, 5.41) is 3.41. The zero-order valence-electron chi connectivity index (χ0n) is 15.4. The fourth-order valence-corrected chi connectivity index (χ4v) is 3.67. The minimum atomic E-state index is -0.421. The van der Waals surface area contributed by atoms with Gasteiger partial charge in [0, 0.05) is 43.8 Å². The third-order valence-corrected chi connectivity index (χ3v) is 5.13. The molecule has 27 heavy (non-hydrogen) atoms. The van der Waals surface area contributed by atoms with Crippen molar-refractivity contribution < 1.29 is 9.59 Å². The minimum absolute atomic E-state index is 0.0291. The molecule has 0 radical (unpaired) electrons. The van der Waals surface area contributed by atoms with Gasteiger partial charge in [0.2, 0.25) is 11.8 Å². The highest BCUT2D eigenvalue weighted by atomic mass is 35.5. The van der Waals surface area contributed by atoms with Crippen LogP contribution in [0.1, 0.15) is 24.9 Å². The van der Waals surface area contributed by atoms with Crippen LogP contribution < -0.4 is 10.2 Å². The zero-order valence-corrected chi connectivity index (χ0v) is 16.2. The van der Waals surface area contributed by atoms with Crippen LogP contribution in [0.2, 0.25) is 5.02 Å². The Morgan fingerprint density at radius 1 is 1.00 bits per heavy atom. The van der Waals surface area contributed by atoms with Gasteiger partial charge < -0.3 is 15.1 Å². The van der Waals surface area contributed by atoms with Crippen molar-refractivity contribution in [1.82, 2.24) is 10.2 Å². The van der Waals surface area contributed by atoms with Crippen molar-refractivity contribution in [2.45, 2.75) is 19.4 Å². The molecule has 1 N–H and O–H groups in total. The van der Waals surface area contributed by atoms with E-state index in [0.29, 0.717) is 18.1 Å². The first kappa shape index (κ1) is 19.2. The van der Waals surface area contributed by atoms with E-state index >= 15 is 0 Å². The van der Waals surface area contributed by atoms with Crippen LogP contribution in [0.25, 0.3) is 0 Å². The van der Waals surface area contributed by atoms with Crippen molar-refractivity contribution in [3.05, 3.63) is 65.2 Å². The molecule has 0 saturated carbocycles. The highest BCUT2D eigenvalue weighted by molar-refractivity contribution is 6.31. The Kier molecular flexibility index (Phi) is 6.35. The molecule has 2 aromatic carbocycles. The molecule has 1 aliphatic heterocycles. The van der Waals surface area contributed by atoms with Crippen molar-refractivity contribution in [3.63, 3.8) is 0 Å². The first-order chi connectivity index (χ1) is 13.0. The Balaban J connectivity index is 1.63. The van der Waals surface area contributed by atoms with Crippen LogP contribution in [-0.2, 0) is 9.59 Å². The highest BCUT2D eigenvalue weighted by Gasteiger charge is 2.25. The smallest absolute Gasteiger partial charge is 0.225 e. The molecule has 1 fully saturated rings. The van der Waals surface area contributed by atoms with Crippen LogP contribution in [-0.4, -0.2) is 42.9 Å². The molecule has 1 aliphatic rings. The number of rotatable bonds is 5. The SMILES string of the molecule is CC(=O)NC(CC(=O)N1CCN(c2ccccc2)CC1)c1ccccc1Cl. The second-order valence-corrected chi connectivity index (χ2v) is 7.09. The number of benzene rings is 2. The van der Waals surface area contributed by atoms with Crippen molar-refractivity contribution in [2.75, 3.05) is 31.1 Å². The first-order valence-corrected chi connectivity index (χ1v) is 9.51. The second-order valence-electron chi connectivity index (χ2n) is 6.68. The van der Waals surface area contributed by atoms with E-state index in [9.17, 15) is 9.59 Å². The van der Waals surface area contributed by atoms with Crippen LogP contribution in [0.3, 0.4) is 0 Å². The largest absolute Gasteiger partial charge is 0.368 e. The van der Waals surface area contributed by atoms with Crippen LogP contribution in [0.5, 0.6) is 0 Å². The molecular formula is C21H24ClN3O2. The molecule has 1 heterocycles. The molecule has 142 valence electrons. The third kappa shape index (κ3) is 5.01. The fraction of sp³-hybridized carbons (Fsp3) is 0.333. The normalized spacial score (nSPS) is 15.3. The van der Waals surface area contributed by atoms with Gasteiger partial charge >= 0.3 is 0 Å². The summed E-state index contributed by atoms with van der Waals surface area (Å²) in [5.41, 5.74) is 1.95. The molecule has 0 spiro atoms. The Morgan fingerprint density at radius 3 is 2.26 bits per heavy atom. The average Bonchev–Trinajstić information content (AvgIpc) is 2.68. The number of anilines is 1. The maximum Gasteiger partial charge on any atom is 0.225 e. The second kappa shape index (κ2) is 8.91. The standard InChI is InChI=1S/C21H24ClN3O2/c1-16(26)23-20(18-9-5-6-10-19(18)22)15-21(27)25-13-11-24(12-14-25)17-7-3-2-4-8-17/h2-10,20H,11-15H2,1H3,(H,23,26). The summed E-state index contributed by atoms with van der Waals surface area (Å²) in [6.07, 6.45) is 0.203. The van der Waals surface area contributed by atoms with Crippen LogP contribution in [0.4, 0.5) is 5.69 Å². The average molecular weight is 386 g/mol. The molecule has 1 saturated heterocycles. The first-order valence-electron chi connectivity index (χ1n) is 9.14. The zero-order chi connectivity index (χ0) is 19.2. The highest BCUT2D eigenvalue weighted by Crippen LogP contribution is 2.26. The van der Waals surface area contributed by atoms with E-state index in [1.165, 1.54) is 12.6 Å². The lowest BCUT2D eigenvalue weighted by Gasteiger charge is -2.36. The van der Waals surface area contributed by atoms with Gasteiger partial charge in [-0.05, 0) is 23.8 Å². The number of carbonyl (C=O) groups excluding carboxylic acids is 2. The number of hydrogen-bond donors (Lipinski definition) is 1. The Hall–Kier alpha value is -2.53. The molecule has 1 unspecified atom stereocenters. The van der Waals surface area contributed by atoms with Gasteiger partial charge in [0.05, 0.1) is 12.5 Å². The maximum absolute atomic E-state index is 12.8. The summed E-state index contributed by atoms with van der Waals surface area (Å²) in [5.74, 6) is -0.150. The summed E-state index contributed by atoms with van der Waals surface area (Å²) < 4.78 is 0. The molecular weight excluding hydrogens is 362 g/mol. The molecule has 0 aromatic heterocycles. The monoisotopic (exact) mass is 385 g/mol. The van der Waals surface area contributed by atoms with Crippen molar-refractivity contribution in [2.24, 2.45) is 0 Å². The van der Waals surface area contributed by atoms with Gasteiger partial charge in [0.25, 0.3) is 0 Å². The Bertz CT molecular complexity index is 789. The molecule has 5 nitrogen and oxygen atoms in total. The van der Waals surface area contributed by atoms with Crippen LogP contribution >= 0.6 is 11.6 Å². The number of para-hydroxylation sites is 1. The molecule has 3 rings (SSSR count). The predicted molar refractivity (Wildman–Crippen MR) is 108 cm³/mol. The van der Waals surface area contributed by atoms with E-state index in [1.807, 2.05) is 41.3 Å². The molecule has 2 amide bonds. The molecule has 0 bridgehead atoms. The van der Waals surface area contributed by atoms with E-state index in [0.717, 1.165) is 18.7 Å². The van der Waals surface area contributed by atoms with Gasteiger partial charge in [-0.1, -0.05) is 48.0 Å². The third-order valence-electron chi connectivity index (χ3n) is 4.79. The summed E-state index contributed by atoms with van der Waals surface area (Å²) in [4.78, 5) is 28.6. The van der Waals surface area contributed by atoms with E-state index in [4.69, 9.17) is 11.6 Å². The predicted octanol–water partition coefficient (Wildman–Crippen LogP) is 3.26. The van der Waals surface area contributed by atoms with E-state index in [2.05, 4.69) is 22.3 Å². The summed E-state index contributed by atoms with van der Waals surface area (Å²) in [6.45, 7) is 4.39. The maximum atomic E-state index is 12.8. The Morgan fingerprint density at radius 2 is 1.63 bits per heavy atom. The number of nitrogens with one attached hydrogen (secondary N) is 1. The van der Waals surface area contributed by atoms with Crippen LogP contribution in [0.15, 0.2) is 54.6 Å². The molecule has 1 atom stereocenters. The number of nitrogens with zero attached hydrogens (tertiary/aromatic N) is 2. The fourth-order valence-electron chi connectivity index (χ4n) is 3.40. The van der Waals surface area contributed by atoms with Gasteiger partial charge in [-0.3, -0.25) is 9.59 Å². The number of hydrogen-bond acceptors (Lipinski definition) is 3. The number of halogens is 1. The van der Waals surface area contributed by atoms with Crippen molar-refractivity contribution in [3.8, 4) is 0 Å². The van der Waals surface area contributed by atoms with Gasteiger partial charge in [0.1, 0.15) is 0 Å². The summed E-state index contributed by atoms with van der Waals surface area (Å²) in [7, 11) is 0.